The number of hydrogen-bond acceptors (Lipinski definition) is 3. The highest BCUT2D eigenvalue weighted by Gasteiger charge is 2.25. The van der Waals surface area contributed by atoms with Crippen LogP contribution in [0.15, 0.2) is 42.6 Å². The molecule has 1 N–H and O–H groups in total. The van der Waals surface area contributed by atoms with Crippen LogP contribution < -0.4 is 4.74 Å². The summed E-state index contributed by atoms with van der Waals surface area (Å²) in [7, 11) is 0. The first kappa shape index (κ1) is 16.0. The molecule has 124 valence electrons. The van der Waals surface area contributed by atoms with Crippen molar-refractivity contribution in [3.63, 3.8) is 0 Å². The Kier molecular flexibility index (Phi) is 4.63. The van der Waals surface area contributed by atoms with Gasteiger partial charge >= 0.3 is 6.61 Å². The van der Waals surface area contributed by atoms with Crippen molar-refractivity contribution in [2.75, 3.05) is 13.1 Å². The Hall–Kier alpha value is -1.92. The molecule has 2 heterocycles. The van der Waals surface area contributed by atoms with Crippen LogP contribution in [0.4, 0.5) is 8.78 Å². The summed E-state index contributed by atoms with van der Waals surface area (Å²) in [6.07, 6.45) is 1.40. The summed E-state index contributed by atoms with van der Waals surface area (Å²) in [4.78, 5) is 2.23. The van der Waals surface area contributed by atoms with Crippen LogP contribution in [0.3, 0.4) is 0 Å². The highest BCUT2D eigenvalue weighted by Crippen LogP contribution is 2.28. The van der Waals surface area contributed by atoms with Crippen molar-refractivity contribution >= 4 is 0 Å². The number of hydrogen-bond donors (Lipinski definition) is 1. The first-order chi connectivity index (χ1) is 11.0. The summed E-state index contributed by atoms with van der Waals surface area (Å²) in [6, 6.07) is 10.5. The molecule has 1 aliphatic heterocycles. The number of β-amino-alcohol motifs (C(OH)–C–C–N with tert-alkyl or cyclic N) is 1. The average molecular weight is 322 g/mol. The van der Waals surface area contributed by atoms with Crippen molar-refractivity contribution in [2.24, 2.45) is 0 Å². The van der Waals surface area contributed by atoms with Crippen LogP contribution >= 0.6 is 0 Å². The molecule has 0 radical (unpaired) electrons. The van der Waals surface area contributed by atoms with Gasteiger partial charge in [-0.1, -0.05) is 12.1 Å². The first-order valence-corrected chi connectivity index (χ1v) is 7.66. The molecule has 0 saturated carbocycles. The lowest BCUT2D eigenvalue weighted by Crippen LogP contribution is -2.38. The normalized spacial score (nSPS) is 19.6. The molecule has 2 atom stereocenters. The van der Waals surface area contributed by atoms with E-state index in [1.807, 2.05) is 6.07 Å². The quantitative estimate of drug-likeness (QED) is 0.918. The Bertz CT molecular complexity index is 642. The zero-order chi connectivity index (χ0) is 16.4. The van der Waals surface area contributed by atoms with Crippen molar-refractivity contribution in [3.05, 3.63) is 53.9 Å². The Balaban J connectivity index is 1.64. The molecule has 0 spiro atoms. The van der Waals surface area contributed by atoms with Gasteiger partial charge in [0.05, 0.1) is 6.10 Å². The summed E-state index contributed by atoms with van der Waals surface area (Å²) in [5.74, 6) is 0.0973. The maximum Gasteiger partial charge on any atom is 0.387 e. The number of halogens is 2. The molecule has 6 heteroatoms. The zero-order valence-corrected chi connectivity index (χ0v) is 12.9. The van der Waals surface area contributed by atoms with Crippen molar-refractivity contribution in [1.82, 2.24) is 9.47 Å². The minimum Gasteiger partial charge on any atom is -0.435 e. The topological polar surface area (TPSA) is 37.6 Å². The van der Waals surface area contributed by atoms with Gasteiger partial charge in [0.15, 0.2) is 0 Å². The largest absolute Gasteiger partial charge is 0.435 e. The van der Waals surface area contributed by atoms with E-state index in [2.05, 4.69) is 33.4 Å². The third-order valence-corrected chi connectivity index (χ3v) is 4.37. The fourth-order valence-corrected chi connectivity index (χ4v) is 3.08. The monoisotopic (exact) mass is 322 g/mol. The van der Waals surface area contributed by atoms with Crippen LogP contribution in [-0.2, 0) is 6.54 Å². The molecule has 2 aromatic rings. The molecule has 0 fully saturated rings. The van der Waals surface area contributed by atoms with E-state index in [0.29, 0.717) is 12.1 Å². The van der Waals surface area contributed by atoms with E-state index in [9.17, 15) is 13.9 Å². The third-order valence-electron chi connectivity index (χ3n) is 4.37. The summed E-state index contributed by atoms with van der Waals surface area (Å²) < 4.78 is 30.8. The maximum absolute atomic E-state index is 12.1. The molecule has 0 amide bonds. The fourth-order valence-electron chi connectivity index (χ4n) is 3.08. The lowest BCUT2D eigenvalue weighted by atomic mass is 10.1. The molecule has 0 aliphatic carbocycles. The molecule has 1 aromatic heterocycles. The van der Waals surface area contributed by atoms with Crippen molar-refractivity contribution < 1.29 is 18.6 Å². The lowest BCUT2D eigenvalue weighted by molar-refractivity contribution is -0.0498. The van der Waals surface area contributed by atoms with Gasteiger partial charge in [0.1, 0.15) is 5.75 Å². The van der Waals surface area contributed by atoms with E-state index < -0.39 is 12.7 Å². The summed E-state index contributed by atoms with van der Waals surface area (Å²) in [6.45, 7) is 1.56. The predicted octanol–water partition coefficient (Wildman–Crippen LogP) is 3.20. The second-order valence-electron chi connectivity index (χ2n) is 5.76. The molecule has 3 rings (SSSR count). The molecule has 23 heavy (non-hydrogen) atoms. The maximum atomic E-state index is 12.1. The highest BCUT2D eigenvalue weighted by molar-refractivity contribution is 5.28. The van der Waals surface area contributed by atoms with Crippen LogP contribution in [0.5, 0.6) is 5.75 Å². The van der Waals surface area contributed by atoms with Crippen LogP contribution in [0.1, 0.15) is 30.3 Å². The number of aliphatic hydroxyl groups is 1. The summed E-state index contributed by atoms with van der Waals surface area (Å²) in [5, 5.41) is 10.4. The number of rotatable bonds is 5. The van der Waals surface area contributed by atoms with E-state index in [1.54, 1.807) is 12.1 Å². The number of ether oxygens (including phenoxy) is 1. The SMILES string of the molecule is C[C@H]1c2cccn2CCN1C[C@@H](O)c1ccc(OC(F)F)cc1. The van der Waals surface area contributed by atoms with Gasteiger partial charge in [-0.05, 0) is 36.8 Å². The molecule has 0 unspecified atom stereocenters. The number of alkyl halides is 2. The lowest BCUT2D eigenvalue weighted by Gasteiger charge is -2.36. The Morgan fingerprint density at radius 1 is 1.22 bits per heavy atom. The third kappa shape index (κ3) is 3.54. The number of fused-ring (bicyclic) bond motifs is 1. The molecular formula is C17H20F2N2O2. The molecule has 4 nitrogen and oxygen atoms in total. The summed E-state index contributed by atoms with van der Waals surface area (Å²) >= 11 is 0. The van der Waals surface area contributed by atoms with Gasteiger partial charge in [-0.15, -0.1) is 0 Å². The van der Waals surface area contributed by atoms with Crippen molar-refractivity contribution in [1.29, 1.82) is 0 Å². The average Bonchev–Trinajstić information content (AvgIpc) is 2.99. The predicted molar refractivity (Wildman–Crippen MR) is 82.5 cm³/mol. The number of benzene rings is 1. The highest BCUT2D eigenvalue weighted by atomic mass is 19.3. The van der Waals surface area contributed by atoms with E-state index in [-0.39, 0.29) is 11.8 Å². The van der Waals surface area contributed by atoms with Gasteiger partial charge in [-0.3, -0.25) is 4.90 Å². The van der Waals surface area contributed by atoms with Gasteiger partial charge < -0.3 is 14.4 Å². The molecular weight excluding hydrogens is 302 g/mol. The second-order valence-corrected chi connectivity index (χ2v) is 5.76. The molecule has 0 saturated heterocycles. The van der Waals surface area contributed by atoms with Crippen molar-refractivity contribution in [2.45, 2.75) is 32.2 Å². The van der Waals surface area contributed by atoms with Crippen LogP contribution in [-0.4, -0.2) is 34.3 Å². The minimum atomic E-state index is -2.84. The zero-order valence-electron chi connectivity index (χ0n) is 12.9. The Morgan fingerprint density at radius 2 is 1.96 bits per heavy atom. The van der Waals surface area contributed by atoms with Crippen LogP contribution in [0.25, 0.3) is 0 Å². The smallest absolute Gasteiger partial charge is 0.387 e. The fraction of sp³-hybridized carbons (Fsp3) is 0.412. The van der Waals surface area contributed by atoms with Crippen molar-refractivity contribution in [3.8, 4) is 5.75 Å². The summed E-state index contributed by atoms with van der Waals surface area (Å²) in [5.41, 5.74) is 1.93. The number of aliphatic hydroxyl groups excluding tert-OH is 1. The van der Waals surface area contributed by atoms with Gasteiger partial charge in [-0.25, -0.2) is 0 Å². The second kappa shape index (κ2) is 6.68. The van der Waals surface area contributed by atoms with Gasteiger partial charge in [-0.2, -0.15) is 8.78 Å². The number of nitrogens with zero attached hydrogens (tertiary/aromatic N) is 2. The van der Waals surface area contributed by atoms with E-state index in [0.717, 1.165) is 13.1 Å². The first-order valence-electron chi connectivity index (χ1n) is 7.66. The van der Waals surface area contributed by atoms with Crippen LogP contribution in [0.2, 0.25) is 0 Å². The molecule has 1 aromatic carbocycles. The van der Waals surface area contributed by atoms with Crippen LogP contribution in [0, 0.1) is 0 Å². The van der Waals surface area contributed by atoms with E-state index in [4.69, 9.17) is 0 Å². The Labute approximate surface area is 133 Å². The van der Waals surface area contributed by atoms with Gasteiger partial charge in [0.25, 0.3) is 0 Å². The minimum absolute atomic E-state index is 0.0973. The van der Waals surface area contributed by atoms with Gasteiger partial charge in [0, 0.05) is 37.6 Å². The standard InChI is InChI=1S/C17H20F2N2O2/c1-12-15-3-2-8-20(15)9-10-21(12)11-16(22)13-4-6-14(7-5-13)23-17(18)19/h2-8,12,16-17,22H,9-11H2,1H3/t12-,16+/m0/s1. The molecule has 0 bridgehead atoms. The molecule has 1 aliphatic rings. The van der Waals surface area contributed by atoms with E-state index >= 15 is 0 Å². The Morgan fingerprint density at radius 3 is 2.65 bits per heavy atom. The van der Waals surface area contributed by atoms with Gasteiger partial charge in [0.2, 0.25) is 0 Å². The van der Waals surface area contributed by atoms with E-state index in [1.165, 1.54) is 17.8 Å². The number of aromatic nitrogens is 1.